The Balaban J connectivity index is 0.652. The Bertz CT molecular complexity index is 2610. The molecule has 5 heterocycles. The van der Waals surface area contributed by atoms with Crippen molar-refractivity contribution >= 4 is 73.5 Å². The van der Waals surface area contributed by atoms with E-state index in [1.54, 1.807) is 56.6 Å². The van der Waals surface area contributed by atoms with Crippen LogP contribution in [-0.4, -0.2) is 140 Å². The third-order valence-electron chi connectivity index (χ3n) is 13.6. The van der Waals surface area contributed by atoms with E-state index in [4.69, 9.17) is 11.6 Å². The van der Waals surface area contributed by atoms with E-state index < -0.39 is 15.1 Å². The summed E-state index contributed by atoms with van der Waals surface area (Å²) in [7, 11) is -3.54. The maximum atomic E-state index is 13.8. The molecule has 3 aromatic carbocycles. The van der Waals surface area contributed by atoms with E-state index in [1.807, 2.05) is 18.2 Å². The monoisotopic (exact) mass is 1010 g/mol. The highest BCUT2D eigenvalue weighted by Gasteiger charge is 2.25. The van der Waals surface area contributed by atoms with Crippen molar-refractivity contribution in [3.05, 3.63) is 102 Å². The van der Waals surface area contributed by atoms with Crippen LogP contribution in [0, 0.1) is 5.82 Å². The van der Waals surface area contributed by atoms with Crippen LogP contribution in [0.4, 0.5) is 50.5 Å². The normalized spacial score (nSPS) is 17.1. The number of piperidine rings is 1. The van der Waals surface area contributed by atoms with Crippen molar-refractivity contribution in [1.29, 1.82) is 0 Å². The molecule has 0 unspecified atom stereocenters. The van der Waals surface area contributed by atoms with E-state index in [2.05, 4.69) is 83.9 Å². The van der Waals surface area contributed by atoms with Gasteiger partial charge in [0.15, 0.2) is 15.7 Å². The first-order chi connectivity index (χ1) is 34.5. The molecule has 19 heteroatoms. The van der Waals surface area contributed by atoms with Gasteiger partial charge < -0.3 is 36.0 Å². The molecule has 71 heavy (non-hydrogen) atoms. The summed E-state index contributed by atoms with van der Waals surface area (Å²) in [5.74, 6) is 2.30. The van der Waals surface area contributed by atoms with E-state index >= 15 is 0 Å². The Hall–Kier alpha value is -5.82. The summed E-state index contributed by atoms with van der Waals surface area (Å²) in [6.45, 7) is 14.5. The predicted molar refractivity (Wildman–Crippen MR) is 284 cm³/mol. The minimum absolute atomic E-state index is 0.0908. The Labute approximate surface area is 423 Å². The number of carbonyl (C=O) groups is 1. The third-order valence-corrected chi connectivity index (χ3v) is 16.0. The first-order valence-corrected chi connectivity index (χ1v) is 27.2. The molecule has 5 aromatic rings. The van der Waals surface area contributed by atoms with Gasteiger partial charge in [0, 0.05) is 101 Å². The van der Waals surface area contributed by atoms with Gasteiger partial charge in [0.2, 0.25) is 11.9 Å². The molecule has 0 saturated carbocycles. The molecule has 0 radical (unpaired) electrons. The molecule has 4 N–H and O–H groups in total. The van der Waals surface area contributed by atoms with Gasteiger partial charge in [-0.15, -0.1) is 0 Å². The standard InChI is InChI=1S/C52H69ClFN13O3S/c1-39(2)71(69,70)47-17-8-7-16-46(47)61-51-45(53)35-56-52(62-51)60-41-18-20-43(21-19-41)65-29-27-64(28-30-65)37-50(68)55-22-9-5-3-4-6-10-23-63-25-31-66(32-26-63)49-34-48(57-38-58-49)59-42-14-12-24-67(36-42)44-15-11-13-40(54)33-44/h7-8,11,13,15-21,33-35,38-39,42H,3-6,9-10,12,14,22-32,36-37H2,1-2H3,(H,55,68)(H,57,58,59)(H2,56,60,61,62)/t42-/m1/s1. The van der Waals surface area contributed by atoms with Gasteiger partial charge in [-0.2, -0.15) is 4.98 Å². The summed E-state index contributed by atoms with van der Waals surface area (Å²) >= 11 is 6.43. The van der Waals surface area contributed by atoms with Crippen LogP contribution in [0.3, 0.4) is 0 Å². The summed E-state index contributed by atoms with van der Waals surface area (Å²) in [5, 5.41) is 12.7. The average molecular weight is 1010 g/mol. The van der Waals surface area contributed by atoms with Gasteiger partial charge in [0.25, 0.3) is 0 Å². The lowest BCUT2D eigenvalue weighted by atomic mass is 10.0. The van der Waals surface area contributed by atoms with E-state index in [9.17, 15) is 17.6 Å². The van der Waals surface area contributed by atoms with Gasteiger partial charge in [-0.1, -0.05) is 55.5 Å². The number of piperazine rings is 2. The van der Waals surface area contributed by atoms with E-state index in [1.165, 1.54) is 37.9 Å². The second-order valence-electron chi connectivity index (χ2n) is 19.0. The highest BCUT2D eigenvalue weighted by molar-refractivity contribution is 7.92. The van der Waals surface area contributed by atoms with Crippen LogP contribution in [0.1, 0.15) is 65.2 Å². The smallest absolute Gasteiger partial charge is 0.234 e. The molecule has 8 rings (SSSR count). The number of para-hydroxylation sites is 1. The minimum Gasteiger partial charge on any atom is -0.369 e. The summed E-state index contributed by atoms with van der Waals surface area (Å²) in [4.78, 5) is 42.7. The number of unbranched alkanes of at least 4 members (excludes halogenated alkanes) is 5. The summed E-state index contributed by atoms with van der Waals surface area (Å²) in [5.41, 5.74) is 3.20. The number of hydrogen-bond donors (Lipinski definition) is 4. The van der Waals surface area contributed by atoms with Crippen molar-refractivity contribution in [2.75, 3.05) is 116 Å². The third kappa shape index (κ3) is 14.6. The number of nitrogens with one attached hydrogen (secondary N) is 4. The molecule has 380 valence electrons. The fraction of sp³-hybridized carbons (Fsp3) is 0.481. The lowest BCUT2D eigenvalue weighted by Gasteiger charge is -2.36. The van der Waals surface area contributed by atoms with Crippen molar-refractivity contribution in [3.8, 4) is 0 Å². The molecule has 1 atom stereocenters. The van der Waals surface area contributed by atoms with Gasteiger partial charge in [0.1, 0.15) is 28.8 Å². The first kappa shape index (κ1) is 51.5. The second-order valence-corrected chi connectivity index (χ2v) is 21.9. The van der Waals surface area contributed by atoms with Gasteiger partial charge in [-0.05, 0) is 101 Å². The van der Waals surface area contributed by atoms with Crippen LogP contribution in [0.5, 0.6) is 0 Å². The number of halogens is 2. The lowest BCUT2D eigenvalue weighted by molar-refractivity contribution is -0.122. The number of benzene rings is 3. The van der Waals surface area contributed by atoms with Crippen molar-refractivity contribution in [3.63, 3.8) is 0 Å². The van der Waals surface area contributed by atoms with Crippen LogP contribution in [0.2, 0.25) is 5.02 Å². The fourth-order valence-corrected chi connectivity index (χ4v) is 10.8. The Morgan fingerprint density at radius 2 is 1.49 bits per heavy atom. The molecule has 3 fully saturated rings. The van der Waals surface area contributed by atoms with E-state index in [0.717, 1.165) is 133 Å². The zero-order valence-corrected chi connectivity index (χ0v) is 42.7. The molecule has 16 nitrogen and oxygen atoms in total. The molecule has 3 aliphatic rings. The van der Waals surface area contributed by atoms with Crippen LogP contribution >= 0.6 is 11.6 Å². The zero-order chi connectivity index (χ0) is 49.6. The maximum Gasteiger partial charge on any atom is 0.234 e. The van der Waals surface area contributed by atoms with Crippen molar-refractivity contribution in [2.24, 2.45) is 0 Å². The molecular formula is C52H69ClFN13O3S. The Morgan fingerprint density at radius 3 is 2.27 bits per heavy atom. The molecule has 0 aliphatic carbocycles. The molecule has 1 amide bonds. The van der Waals surface area contributed by atoms with Crippen molar-refractivity contribution < 1.29 is 17.6 Å². The molecule has 3 saturated heterocycles. The minimum atomic E-state index is -3.54. The van der Waals surface area contributed by atoms with Gasteiger partial charge in [0.05, 0.1) is 28.6 Å². The zero-order valence-electron chi connectivity index (χ0n) is 41.1. The number of sulfone groups is 1. The fourth-order valence-electron chi connectivity index (χ4n) is 9.43. The molecule has 0 spiro atoms. The largest absolute Gasteiger partial charge is 0.369 e. The maximum absolute atomic E-state index is 13.8. The van der Waals surface area contributed by atoms with Gasteiger partial charge in [-0.3, -0.25) is 14.6 Å². The quantitative estimate of drug-likeness (QED) is 0.0490. The highest BCUT2D eigenvalue weighted by Crippen LogP contribution is 2.31. The number of anilines is 8. The lowest BCUT2D eigenvalue weighted by Crippen LogP contribution is -2.49. The summed E-state index contributed by atoms with van der Waals surface area (Å²) in [6.07, 6.45) is 12.2. The number of nitrogens with zero attached hydrogens (tertiary/aromatic N) is 9. The van der Waals surface area contributed by atoms with Crippen LogP contribution in [-0.2, 0) is 14.6 Å². The first-order valence-electron chi connectivity index (χ1n) is 25.3. The second kappa shape index (κ2) is 25.0. The Kier molecular flexibility index (Phi) is 18.2. The number of hydrogen-bond acceptors (Lipinski definition) is 15. The van der Waals surface area contributed by atoms with Gasteiger partial charge >= 0.3 is 0 Å². The van der Waals surface area contributed by atoms with Crippen molar-refractivity contribution in [2.45, 2.75) is 81.4 Å². The molecule has 2 aromatic heterocycles. The summed E-state index contributed by atoms with van der Waals surface area (Å²) < 4.78 is 39.8. The SMILES string of the molecule is CC(C)S(=O)(=O)c1ccccc1Nc1nc(Nc2ccc(N3CCN(CC(=O)NCCCCCCCCN4CCN(c5cc(N[C@@H]6CCCN(c7cccc(F)c7)C6)ncn5)CC4)CC3)cc2)ncc1Cl. The number of carbonyl (C=O) groups excluding carboxylic acids is 1. The number of aromatic nitrogens is 4. The van der Waals surface area contributed by atoms with Crippen LogP contribution in [0.15, 0.2) is 96.3 Å². The molecule has 0 bridgehead atoms. The van der Waals surface area contributed by atoms with E-state index in [-0.39, 0.29) is 33.5 Å². The number of amides is 1. The molecule has 3 aliphatic heterocycles. The van der Waals surface area contributed by atoms with Crippen LogP contribution in [0.25, 0.3) is 0 Å². The Morgan fingerprint density at radius 1 is 0.761 bits per heavy atom. The highest BCUT2D eigenvalue weighted by atomic mass is 35.5. The van der Waals surface area contributed by atoms with Crippen molar-refractivity contribution in [1.82, 2.24) is 35.1 Å². The average Bonchev–Trinajstić information content (AvgIpc) is 3.38. The summed E-state index contributed by atoms with van der Waals surface area (Å²) in [6, 6.07) is 23.9. The van der Waals surface area contributed by atoms with Gasteiger partial charge in [-0.25, -0.2) is 27.8 Å². The number of rotatable bonds is 22. The predicted octanol–water partition coefficient (Wildman–Crippen LogP) is 8.21. The topological polar surface area (TPSA) is 167 Å². The van der Waals surface area contributed by atoms with Crippen LogP contribution < -0.4 is 36.0 Å². The molecular weight excluding hydrogens is 941 g/mol. The van der Waals surface area contributed by atoms with E-state index in [0.29, 0.717) is 18.2 Å².